The number of amides is 1. The first-order valence-corrected chi connectivity index (χ1v) is 40.1. The third kappa shape index (κ3) is 73.3. The van der Waals surface area contributed by atoms with Crippen molar-refractivity contribution < 1.29 is 24.5 Å². The monoisotopic (exact) mass is 1220 g/mol. The largest absolute Gasteiger partial charge is 0.466 e. The first kappa shape index (κ1) is 85.3. The van der Waals surface area contributed by atoms with E-state index in [2.05, 4.69) is 43.5 Å². The Balaban J connectivity index is 3.34. The molecular formula is C81H157NO5. The van der Waals surface area contributed by atoms with E-state index in [1.54, 1.807) is 0 Å². The van der Waals surface area contributed by atoms with Crippen molar-refractivity contribution in [2.24, 2.45) is 0 Å². The van der Waals surface area contributed by atoms with E-state index in [0.717, 1.165) is 44.9 Å². The van der Waals surface area contributed by atoms with E-state index in [0.29, 0.717) is 25.9 Å². The SMILES string of the molecule is CCCCCCCC/C=C\CCCCCCCCCC(=O)OCCCCCCCCCCCCCC/C=C\CCCCCCCCCCCCCCCCCCCC(=O)NC(CO)C(O)CCCCCCCCCCCCCCCCCCCCCC. The number of aliphatic hydroxyl groups is 2. The van der Waals surface area contributed by atoms with Gasteiger partial charge in [0, 0.05) is 12.8 Å². The summed E-state index contributed by atoms with van der Waals surface area (Å²) >= 11 is 0. The number of carbonyl (C=O) groups is 2. The fourth-order valence-electron chi connectivity index (χ4n) is 12.9. The molecule has 2 atom stereocenters. The Bertz CT molecular complexity index is 1360. The van der Waals surface area contributed by atoms with E-state index < -0.39 is 12.1 Å². The standard InChI is InChI=1S/C81H157NO5/c1-3-5-7-9-11-13-15-17-19-21-22-38-42-45-49-53-57-61-65-69-73-79(84)78(77-83)82-80(85)74-70-66-62-58-54-50-46-43-39-36-34-32-30-28-26-24-23-25-27-29-31-33-35-37-40-44-48-52-56-60-64-68-72-76-87-81(86)75-71-67-63-59-55-51-47-41-20-18-16-14-12-10-8-6-4-2/h18,20,27,29,78-79,83-84H,3-17,19,21-26,28,30-77H2,1-2H3,(H,82,85)/b20-18-,29-27-. The summed E-state index contributed by atoms with van der Waals surface area (Å²) in [7, 11) is 0. The highest BCUT2D eigenvalue weighted by molar-refractivity contribution is 5.76. The van der Waals surface area contributed by atoms with Crippen LogP contribution in [-0.4, -0.2) is 47.4 Å². The molecule has 0 bridgehead atoms. The maximum absolute atomic E-state index is 12.6. The van der Waals surface area contributed by atoms with Crippen molar-refractivity contribution in [1.82, 2.24) is 5.32 Å². The third-order valence-corrected chi connectivity index (χ3v) is 19.0. The average Bonchev–Trinajstić information content (AvgIpc) is 3.53. The van der Waals surface area contributed by atoms with Gasteiger partial charge in [-0.2, -0.15) is 0 Å². The van der Waals surface area contributed by atoms with E-state index >= 15 is 0 Å². The van der Waals surface area contributed by atoms with Crippen LogP contribution in [-0.2, 0) is 14.3 Å². The van der Waals surface area contributed by atoms with Gasteiger partial charge in [-0.1, -0.05) is 391 Å². The first-order valence-electron chi connectivity index (χ1n) is 40.1. The molecule has 1 amide bonds. The summed E-state index contributed by atoms with van der Waals surface area (Å²) in [5.41, 5.74) is 0. The predicted molar refractivity (Wildman–Crippen MR) is 384 cm³/mol. The van der Waals surface area contributed by atoms with Crippen molar-refractivity contribution in [3.63, 3.8) is 0 Å². The molecule has 0 aliphatic rings. The quantitative estimate of drug-likeness (QED) is 0.0320. The van der Waals surface area contributed by atoms with Gasteiger partial charge in [-0.05, 0) is 77.0 Å². The predicted octanol–water partition coefficient (Wildman–Crippen LogP) is 26.4. The Hall–Kier alpha value is -1.66. The molecule has 0 radical (unpaired) electrons. The second-order valence-corrected chi connectivity index (χ2v) is 27.7. The number of hydrogen-bond donors (Lipinski definition) is 3. The second-order valence-electron chi connectivity index (χ2n) is 27.7. The van der Waals surface area contributed by atoms with Crippen molar-refractivity contribution in [3.05, 3.63) is 24.3 Å². The van der Waals surface area contributed by atoms with Crippen LogP contribution >= 0.6 is 0 Å². The van der Waals surface area contributed by atoms with Crippen molar-refractivity contribution in [3.8, 4) is 0 Å². The molecule has 0 heterocycles. The fourth-order valence-corrected chi connectivity index (χ4v) is 12.9. The van der Waals surface area contributed by atoms with Gasteiger partial charge >= 0.3 is 5.97 Å². The first-order chi connectivity index (χ1) is 43.0. The molecular weight excluding hydrogens is 1070 g/mol. The summed E-state index contributed by atoms with van der Waals surface area (Å²) in [5.74, 6) is -0.0103. The maximum atomic E-state index is 12.6. The number of nitrogens with one attached hydrogen (secondary N) is 1. The van der Waals surface area contributed by atoms with E-state index in [1.165, 1.54) is 379 Å². The van der Waals surface area contributed by atoms with Crippen LogP contribution in [0.25, 0.3) is 0 Å². The summed E-state index contributed by atoms with van der Waals surface area (Å²) in [4.78, 5) is 24.7. The van der Waals surface area contributed by atoms with Crippen LogP contribution in [0.15, 0.2) is 24.3 Å². The number of hydrogen-bond acceptors (Lipinski definition) is 5. The number of unbranched alkanes of at least 4 members (excludes halogenated alkanes) is 61. The Kier molecular flexibility index (Phi) is 75.3. The molecule has 2 unspecified atom stereocenters. The molecule has 0 fully saturated rings. The lowest BCUT2D eigenvalue weighted by Gasteiger charge is -2.22. The number of allylic oxidation sites excluding steroid dienone is 4. The normalized spacial score (nSPS) is 12.6. The summed E-state index contributed by atoms with van der Waals surface area (Å²) in [5, 5.41) is 23.4. The third-order valence-electron chi connectivity index (χ3n) is 19.0. The topological polar surface area (TPSA) is 95.9 Å². The van der Waals surface area contributed by atoms with E-state index in [-0.39, 0.29) is 18.5 Å². The lowest BCUT2D eigenvalue weighted by atomic mass is 10.0. The van der Waals surface area contributed by atoms with Gasteiger partial charge in [0.15, 0.2) is 0 Å². The molecule has 0 aromatic heterocycles. The van der Waals surface area contributed by atoms with Crippen LogP contribution in [0.4, 0.5) is 0 Å². The maximum Gasteiger partial charge on any atom is 0.305 e. The van der Waals surface area contributed by atoms with Gasteiger partial charge < -0.3 is 20.3 Å². The van der Waals surface area contributed by atoms with Crippen LogP contribution < -0.4 is 5.32 Å². The lowest BCUT2D eigenvalue weighted by Crippen LogP contribution is -2.45. The minimum Gasteiger partial charge on any atom is -0.466 e. The molecule has 516 valence electrons. The van der Waals surface area contributed by atoms with Crippen LogP contribution in [0.2, 0.25) is 0 Å². The number of carbonyl (C=O) groups excluding carboxylic acids is 2. The number of aliphatic hydroxyl groups excluding tert-OH is 2. The molecule has 6 nitrogen and oxygen atoms in total. The van der Waals surface area contributed by atoms with E-state index in [4.69, 9.17) is 4.74 Å². The Labute approximate surface area is 545 Å². The molecule has 0 saturated heterocycles. The minimum atomic E-state index is -0.663. The van der Waals surface area contributed by atoms with Crippen LogP contribution in [0.5, 0.6) is 0 Å². The van der Waals surface area contributed by atoms with Gasteiger partial charge in [0.1, 0.15) is 0 Å². The Morgan fingerprint density at radius 1 is 0.310 bits per heavy atom. The molecule has 87 heavy (non-hydrogen) atoms. The number of ether oxygens (including phenoxy) is 1. The van der Waals surface area contributed by atoms with Crippen molar-refractivity contribution in [2.75, 3.05) is 13.2 Å². The fraction of sp³-hybridized carbons (Fsp3) is 0.926. The molecule has 3 N–H and O–H groups in total. The summed E-state index contributed by atoms with van der Waals surface area (Å²) < 4.78 is 5.51. The molecule has 0 spiro atoms. The van der Waals surface area contributed by atoms with Gasteiger partial charge in [0.2, 0.25) is 5.91 Å². The minimum absolute atomic E-state index is 0.0164. The van der Waals surface area contributed by atoms with Crippen molar-refractivity contribution >= 4 is 11.9 Å². The number of rotatable bonds is 76. The molecule has 6 heteroatoms. The second kappa shape index (κ2) is 76.8. The van der Waals surface area contributed by atoms with E-state index in [1.807, 2.05) is 0 Å². The van der Waals surface area contributed by atoms with Gasteiger partial charge in [0.05, 0.1) is 25.4 Å². The van der Waals surface area contributed by atoms with Crippen molar-refractivity contribution in [1.29, 1.82) is 0 Å². The number of esters is 1. The molecule has 0 aliphatic carbocycles. The van der Waals surface area contributed by atoms with Gasteiger partial charge in [0.25, 0.3) is 0 Å². The zero-order valence-electron chi connectivity index (χ0n) is 59.3. The summed E-state index contributed by atoms with van der Waals surface area (Å²) in [6.45, 7) is 5.00. The smallest absolute Gasteiger partial charge is 0.305 e. The average molecular weight is 1230 g/mol. The van der Waals surface area contributed by atoms with Gasteiger partial charge in [-0.3, -0.25) is 9.59 Å². The van der Waals surface area contributed by atoms with Crippen LogP contribution in [0, 0.1) is 0 Å². The molecule has 0 aromatic rings. The Morgan fingerprint density at radius 2 is 0.540 bits per heavy atom. The van der Waals surface area contributed by atoms with E-state index in [9.17, 15) is 19.8 Å². The molecule has 0 aliphatic heterocycles. The molecule has 0 aromatic carbocycles. The molecule has 0 saturated carbocycles. The zero-order valence-corrected chi connectivity index (χ0v) is 59.3. The highest BCUT2D eigenvalue weighted by atomic mass is 16.5. The van der Waals surface area contributed by atoms with Gasteiger partial charge in [-0.15, -0.1) is 0 Å². The Morgan fingerprint density at radius 3 is 0.816 bits per heavy atom. The molecule has 0 rings (SSSR count). The summed E-state index contributed by atoms with van der Waals surface area (Å²) in [6.07, 6.45) is 98.4. The van der Waals surface area contributed by atoms with Crippen molar-refractivity contribution in [2.45, 2.75) is 469 Å². The zero-order chi connectivity index (χ0) is 62.8. The highest BCUT2D eigenvalue weighted by Gasteiger charge is 2.20. The van der Waals surface area contributed by atoms with Crippen LogP contribution in [0.1, 0.15) is 457 Å². The van der Waals surface area contributed by atoms with Gasteiger partial charge in [-0.25, -0.2) is 0 Å². The van der Waals surface area contributed by atoms with Crippen LogP contribution in [0.3, 0.4) is 0 Å². The highest BCUT2D eigenvalue weighted by Crippen LogP contribution is 2.20. The lowest BCUT2D eigenvalue weighted by molar-refractivity contribution is -0.143. The summed E-state index contributed by atoms with van der Waals surface area (Å²) in [6, 6.07) is -0.540.